The Labute approximate surface area is 185 Å². The molecule has 0 fully saturated rings. The Bertz CT molecular complexity index is 1170. The fraction of sp³-hybridized carbons (Fsp3) is 0.217. The fourth-order valence-corrected chi connectivity index (χ4v) is 2.94. The van der Waals surface area contributed by atoms with Crippen molar-refractivity contribution in [1.82, 2.24) is 14.7 Å². The molecule has 0 aliphatic heterocycles. The predicted molar refractivity (Wildman–Crippen MR) is 122 cm³/mol. The maximum Gasteiger partial charge on any atom is 0.411 e. The van der Waals surface area contributed by atoms with Crippen LogP contribution in [0.15, 0.2) is 65.6 Å². The highest BCUT2D eigenvalue weighted by Gasteiger charge is 2.10. The third-order valence-corrected chi connectivity index (χ3v) is 4.61. The van der Waals surface area contributed by atoms with E-state index in [1.807, 2.05) is 18.2 Å². The van der Waals surface area contributed by atoms with E-state index in [-0.39, 0.29) is 30.8 Å². The van der Waals surface area contributed by atoms with Crippen LogP contribution < -0.4 is 16.5 Å². The molecular formula is C23H25N5O4. The van der Waals surface area contributed by atoms with E-state index in [1.165, 1.54) is 11.0 Å². The van der Waals surface area contributed by atoms with E-state index in [1.54, 1.807) is 55.3 Å². The van der Waals surface area contributed by atoms with Gasteiger partial charge in [-0.2, -0.15) is 5.10 Å². The summed E-state index contributed by atoms with van der Waals surface area (Å²) in [5, 5.41) is 7.07. The Hall–Kier alpha value is -4.14. The minimum atomic E-state index is -0.657. The lowest BCUT2D eigenvalue weighted by molar-refractivity contribution is -0.129. The quantitative estimate of drug-likeness (QED) is 0.550. The molecule has 9 heteroatoms. The second kappa shape index (κ2) is 10.3. The molecule has 0 aliphatic carbocycles. The second-order valence-electron chi connectivity index (χ2n) is 7.34. The molecule has 0 saturated heterocycles. The van der Waals surface area contributed by atoms with Crippen LogP contribution in [0.4, 0.5) is 16.2 Å². The molecule has 0 bridgehead atoms. The summed E-state index contributed by atoms with van der Waals surface area (Å²) in [6.07, 6.45) is 1.33. The molecule has 1 heterocycles. The second-order valence-corrected chi connectivity index (χ2v) is 7.34. The van der Waals surface area contributed by atoms with Crippen molar-refractivity contribution in [3.8, 4) is 5.69 Å². The maximum atomic E-state index is 12.3. The van der Waals surface area contributed by atoms with Crippen LogP contribution in [0, 0.1) is 0 Å². The van der Waals surface area contributed by atoms with Gasteiger partial charge in [0.25, 0.3) is 0 Å². The Balaban J connectivity index is 1.67. The van der Waals surface area contributed by atoms with Gasteiger partial charge in [0.15, 0.2) is 0 Å². The summed E-state index contributed by atoms with van der Waals surface area (Å²) in [4.78, 5) is 37.3. The highest BCUT2D eigenvalue weighted by molar-refractivity contribution is 5.85. The standard InChI is InChI=1S/C23H25N5O4/c1-27(2)22(30)10-12-32-23(31)25-18-7-3-5-16(13-18)14-20-21(29)9-11-28(26-20)19-8-4-6-17(24)15-19/h3-9,11,13,15H,10,12,14,24H2,1-2H3,(H,25,31). The van der Waals surface area contributed by atoms with E-state index < -0.39 is 6.09 Å². The number of carbonyl (C=O) groups excluding carboxylic acids is 2. The molecule has 0 unspecified atom stereocenters. The van der Waals surface area contributed by atoms with E-state index in [0.29, 0.717) is 17.1 Å². The highest BCUT2D eigenvalue weighted by atomic mass is 16.5. The molecule has 2 aromatic carbocycles. The zero-order valence-corrected chi connectivity index (χ0v) is 17.9. The number of nitrogens with two attached hydrogens (primary N) is 1. The number of hydrogen-bond donors (Lipinski definition) is 2. The number of hydrogen-bond acceptors (Lipinski definition) is 6. The van der Waals surface area contributed by atoms with Crippen molar-refractivity contribution in [3.05, 3.63) is 82.3 Å². The summed E-state index contributed by atoms with van der Waals surface area (Å²) in [6, 6.07) is 15.7. The molecule has 1 aromatic heterocycles. The van der Waals surface area contributed by atoms with E-state index in [0.717, 1.165) is 11.3 Å². The average molecular weight is 435 g/mol. The molecule has 2 amide bonds. The fourth-order valence-electron chi connectivity index (χ4n) is 2.94. The number of anilines is 2. The monoisotopic (exact) mass is 435 g/mol. The first-order valence-electron chi connectivity index (χ1n) is 9.99. The van der Waals surface area contributed by atoms with E-state index >= 15 is 0 Å². The van der Waals surface area contributed by atoms with Gasteiger partial charge < -0.3 is 15.4 Å². The first kappa shape index (κ1) is 22.5. The lowest BCUT2D eigenvalue weighted by Crippen LogP contribution is -2.24. The van der Waals surface area contributed by atoms with Crippen LogP contribution in [0.1, 0.15) is 17.7 Å². The van der Waals surface area contributed by atoms with Gasteiger partial charge >= 0.3 is 6.09 Å². The van der Waals surface area contributed by atoms with Crippen molar-refractivity contribution in [3.63, 3.8) is 0 Å². The zero-order valence-electron chi connectivity index (χ0n) is 17.9. The van der Waals surface area contributed by atoms with Crippen molar-refractivity contribution in [2.24, 2.45) is 0 Å². The Morgan fingerprint density at radius 3 is 2.66 bits per heavy atom. The summed E-state index contributed by atoms with van der Waals surface area (Å²) in [7, 11) is 3.28. The molecular weight excluding hydrogens is 410 g/mol. The van der Waals surface area contributed by atoms with Crippen molar-refractivity contribution < 1.29 is 14.3 Å². The van der Waals surface area contributed by atoms with Crippen molar-refractivity contribution >= 4 is 23.4 Å². The number of nitrogens with zero attached hydrogens (tertiary/aromatic N) is 3. The van der Waals surface area contributed by atoms with Gasteiger partial charge in [0, 0.05) is 44.2 Å². The van der Waals surface area contributed by atoms with Crippen LogP contribution in [0.5, 0.6) is 0 Å². The van der Waals surface area contributed by atoms with Gasteiger partial charge in [-0.3, -0.25) is 14.9 Å². The normalized spacial score (nSPS) is 10.4. The Kier molecular flexibility index (Phi) is 7.22. The van der Waals surface area contributed by atoms with Crippen LogP contribution in [0.2, 0.25) is 0 Å². The highest BCUT2D eigenvalue weighted by Crippen LogP contribution is 2.14. The number of benzene rings is 2. The Morgan fingerprint density at radius 2 is 1.91 bits per heavy atom. The minimum Gasteiger partial charge on any atom is -0.449 e. The number of carbonyl (C=O) groups is 2. The molecule has 0 atom stereocenters. The van der Waals surface area contributed by atoms with E-state index in [4.69, 9.17) is 10.5 Å². The summed E-state index contributed by atoms with van der Waals surface area (Å²) in [5.41, 5.74) is 8.66. The van der Waals surface area contributed by atoms with Crippen LogP contribution >= 0.6 is 0 Å². The molecule has 3 rings (SSSR count). The number of nitrogens with one attached hydrogen (secondary N) is 1. The molecule has 166 valence electrons. The summed E-state index contributed by atoms with van der Waals surface area (Å²) in [6.45, 7) is -0.0139. The lowest BCUT2D eigenvalue weighted by atomic mass is 10.1. The topological polar surface area (TPSA) is 120 Å². The maximum absolute atomic E-state index is 12.3. The predicted octanol–water partition coefficient (Wildman–Crippen LogP) is 2.43. The lowest BCUT2D eigenvalue weighted by Gasteiger charge is -2.11. The minimum absolute atomic E-state index is 0.0139. The third-order valence-electron chi connectivity index (χ3n) is 4.61. The number of amides is 2. The van der Waals surface area contributed by atoms with E-state index in [9.17, 15) is 14.4 Å². The van der Waals surface area contributed by atoms with Crippen molar-refractivity contribution in [2.75, 3.05) is 31.8 Å². The molecule has 0 saturated carbocycles. The molecule has 0 radical (unpaired) electrons. The molecule has 0 spiro atoms. The first-order valence-corrected chi connectivity index (χ1v) is 9.99. The molecule has 3 aromatic rings. The van der Waals surface area contributed by atoms with Gasteiger partial charge in [-0.05, 0) is 35.9 Å². The van der Waals surface area contributed by atoms with Gasteiger partial charge in [0.2, 0.25) is 11.3 Å². The van der Waals surface area contributed by atoms with Crippen LogP contribution in [-0.2, 0) is 16.0 Å². The van der Waals surface area contributed by atoms with Gasteiger partial charge in [-0.1, -0.05) is 18.2 Å². The summed E-state index contributed by atoms with van der Waals surface area (Å²) in [5.74, 6) is -0.126. The van der Waals surface area contributed by atoms with Crippen LogP contribution in [-0.4, -0.2) is 47.4 Å². The molecule has 3 N–H and O–H groups in total. The first-order chi connectivity index (χ1) is 15.3. The number of nitrogen functional groups attached to an aromatic ring is 1. The smallest absolute Gasteiger partial charge is 0.411 e. The van der Waals surface area contributed by atoms with Crippen molar-refractivity contribution in [1.29, 1.82) is 0 Å². The van der Waals surface area contributed by atoms with Gasteiger partial charge in [0.1, 0.15) is 12.3 Å². The van der Waals surface area contributed by atoms with E-state index in [2.05, 4.69) is 10.4 Å². The largest absolute Gasteiger partial charge is 0.449 e. The molecule has 0 aliphatic rings. The van der Waals surface area contributed by atoms with Crippen molar-refractivity contribution in [2.45, 2.75) is 12.8 Å². The van der Waals surface area contributed by atoms with Gasteiger partial charge in [-0.15, -0.1) is 0 Å². The van der Waals surface area contributed by atoms with Crippen LogP contribution in [0.3, 0.4) is 0 Å². The molecule has 32 heavy (non-hydrogen) atoms. The van der Waals surface area contributed by atoms with Gasteiger partial charge in [-0.25, -0.2) is 9.48 Å². The number of ether oxygens (including phenoxy) is 1. The average Bonchev–Trinajstić information content (AvgIpc) is 2.75. The third kappa shape index (κ3) is 6.18. The van der Waals surface area contributed by atoms with Crippen LogP contribution in [0.25, 0.3) is 5.69 Å². The SMILES string of the molecule is CN(C)C(=O)CCOC(=O)Nc1cccc(Cc2nn(-c3cccc(N)c3)ccc2=O)c1. The van der Waals surface area contributed by atoms with Gasteiger partial charge in [0.05, 0.1) is 12.1 Å². The zero-order chi connectivity index (χ0) is 23.1. The number of rotatable bonds is 7. The summed E-state index contributed by atoms with van der Waals surface area (Å²) < 4.78 is 6.64. The summed E-state index contributed by atoms with van der Waals surface area (Å²) >= 11 is 0. The number of aromatic nitrogens is 2. The Morgan fingerprint density at radius 1 is 1.12 bits per heavy atom. The molecule has 9 nitrogen and oxygen atoms in total.